The Balaban J connectivity index is 2.57. The first kappa shape index (κ1) is 12.8. The van der Waals surface area contributed by atoms with E-state index in [0.717, 1.165) is 5.69 Å². The summed E-state index contributed by atoms with van der Waals surface area (Å²) in [6, 6.07) is 3.04. The van der Waals surface area contributed by atoms with Gasteiger partial charge in [0.15, 0.2) is 0 Å². The van der Waals surface area contributed by atoms with Crippen LogP contribution in [0.3, 0.4) is 0 Å². The number of carboxylic acids is 1. The first-order valence-electron chi connectivity index (χ1n) is 5.81. The van der Waals surface area contributed by atoms with Gasteiger partial charge in [0.2, 0.25) is 0 Å². The Kier molecular flexibility index (Phi) is 3.61. The maximum atomic E-state index is 10.9. The molecule has 98 valence electrons. The Morgan fingerprint density at radius 3 is 3.05 bits per heavy atom. The van der Waals surface area contributed by atoms with Gasteiger partial charge in [-0.3, -0.25) is 9.39 Å². The summed E-state index contributed by atoms with van der Waals surface area (Å²) < 4.78 is 1.78. The van der Waals surface area contributed by atoms with E-state index in [-0.39, 0.29) is 5.56 Å². The lowest BCUT2D eigenvalue weighted by Gasteiger charge is -2.02. The Labute approximate surface area is 109 Å². The molecular weight excluding hydrogens is 244 g/mol. The standard InChI is InChI=1S/C13H14N4O2/c1-2-15-10(3-5-14)11-8-16-12-7-9(13(18)19)4-6-17(11)12/h3-8H,2,14H2,1H3,(H,18,19). The Hall–Kier alpha value is -2.63. The topological polar surface area (TPSA) is 93.0 Å². The minimum Gasteiger partial charge on any atom is -0.478 e. The number of fused-ring (bicyclic) bond motifs is 1. The number of aromatic carboxylic acids is 1. The second-order valence-corrected chi connectivity index (χ2v) is 3.81. The van der Waals surface area contributed by atoms with E-state index in [0.29, 0.717) is 17.9 Å². The summed E-state index contributed by atoms with van der Waals surface area (Å²) in [6.07, 6.45) is 6.42. The highest BCUT2D eigenvalue weighted by atomic mass is 16.4. The molecule has 2 heterocycles. The highest BCUT2D eigenvalue weighted by molar-refractivity contribution is 6.08. The number of nitrogens with zero attached hydrogens (tertiary/aromatic N) is 3. The van der Waals surface area contributed by atoms with E-state index < -0.39 is 5.97 Å². The van der Waals surface area contributed by atoms with E-state index in [1.165, 1.54) is 18.3 Å². The highest BCUT2D eigenvalue weighted by Crippen LogP contribution is 2.11. The smallest absolute Gasteiger partial charge is 0.335 e. The van der Waals surface area contributed by atoms with Crippen LogP contribution in [0.4, 0.5) is 0 Å². The molecule has 2 rings (SSSR count). The number of aromatic nitrogens is 2. The number of carbonyl (C=O) groups is 1. The van der Waals surface area contributed by atoms with Gasteiger partial charge in [0.05, 0.1) is 23.2 Å². The molecule has 0 aliphatic rings. The molecule has 2 aromatic rings. The number of hydrogen-bond donors (Lipinski definition) is 2. The van der Waals surface area contributed by atoms with Crippen molar-refractivity contribution in [3.05, 3.63) is 48.1 Å². The minimum absolute atomic E-state index is 0.202. The van der Waals surface area contributed by atoms with Crippen LogP contribution in [0.1, 0.15) is 23.0 Å². The van der Waals surface area contributed by atoms with Crippen molar-refractivity contribution in [1.29, 1.82) is 0 Å². The summed E-state index contributed by atoms with van der Waals surface area (Å²) in [5, 5.41) is 8.94. The molecule has 0 aliphatic heterocycles. The van der Waals surface area contributed by atoms with Crippen molar-refractivity contribution in [3.63, 3.8) is 0 Å². The summed E-state index contributed by atoms with van der Waals surface area (Å²) in [6.45, 7) is 2.55. The second-order valence-electron chi connectivity index (χ2n) is 3.81. The summed E-state index contributed by atoms with van der Waals surface area (Å²) in [7, 11) is 0. The van der Waals surface area contributed by atoms with Crippen LogP contribution in [-0.4, -0.2) is 32.7 Å². The molecule has 0 radical (unpaired) electrons. The van der Waals surface area contributed by atoms with Gasteiger partial charge in [-0.25, -0.2) is 9.78 Å². The number of nitrogens with two attached hydrogens (primary N) is 1. The van der Waals surface area contributed by atoms with Gasteiger partial charge < -0.3 is 10.8 Å². The zero-order valence-electron chi connectivity index (χ0n) is 10.4. The molecular formula is C13H14N4O2. The number of imidazole rings is 1. The number of rotatable bonds is 4. The molecule has 0 fully saturated rings. The molecule has 0 aromatic carbocycles. The maximum absolute atomic E-state index is 10.9. The van der Waals surface area contributed by atoms with E-state index in [9.17, 15) is 4.79 Å². The molecule has 0 saturated heterocycles. The molecule has 0 saturated carbocycles. The third-order valence-corrected chi connectivity index (χ3v) is 2.61. The van der Waals surface area contributed by atoms with Crippen LogP contribution in [0.15, 0.2) is 41.8 Å². The number of pyridine rings is 1. The first-order valence-corrected chi connectivity index (χ1v) is 5.81. The van der Waals surface area contributed by atoms with Gasteiger partial charge in [0.25, 0.3) is 0 Å². The molecule has 6 nitrogen and oxygen atoms in total. The van der Waals surface area contributed by atoms with E-state index in [2.05, 4.69) is 9.98 Å². The quantitative estimate of drug-likeness (QED) is 0.809. The normalized spacial score (nSPS) is 12.4. The summed E-state index contributed by atoms with van der Waals surface area (Å²) >= 11 is 0. The largest absolute Gasteiger partial charge is 0.478 e. The average Bonchev–Trinajstić information content (AvgIpc) is 2.81. The molecule has 6 heteroatoms. The van der Waals surface area contributed by atoms with E-state index >= 15 is 0 Å². The minimum atomic E-state index is -0.976. The zero-order valence-corrected chi connectivity index (χ0v) is 10.4. The fourth-order valence-electron chi connectivity index (χ4n) is 1.78. The summed E-state index contributed by atoms with van der Waals surface area (Å²) in [4.78, 5) is 19.4. The average molecular weight is 258 g/mol. The zero-order chi connectivity index (χ0) is 13.8. The molecule has 0 aliphatic carbocycles. The predicted octanol–water partition coefficient (Wildman–Crippen LogP) is 1.31. The Morgan fingerprint density at radius 2 is 2.42 bits per heavy atom. The van der Waals surface area contributed by atoms with Gasteiger partial charge >= 0.3 is 5.97 Å². The van der Waals surface area contributed by atoms with Crippen LogP contribution in [0.25, 0.3) is 5.65 Å². The van der Waals surface area contributed by atoms with Crippen molar-refractivity contribution in [2.24, 2.45) is 10.7 Å². The maximum Gasteiger partial charge on any atom is 0.335 e. The number of carboxylic acid groups (broad SMARTS) is 1. The number of allylic oxidation sites excluding steroid dienone is 1. The van der Waals surface area contributed by atoms with Gasteiger partial charge in [-0.1, -0.05) is 0 Å². The summed E-state index contributed by atoms with van der Waals surface area (Å²) in [5.74, 6) is -0.976. The SMILES string of the molecule is CCN=C(C=CN)c1cnc2cc(C(=O)O)ccn12. The molecule has 0 amide bonds. The molecule has 0 atom stereocenters. The van der Waals surface area contributed by atoms with Crippen molar-refractivity contribution in [2.75, 3.05) is 6.54 Å². The molecule has 3 N–H and O–H groups in total. The van der Waals surface area contributed by atoms with Gasteiger partial charge in [-0.2, -0.15) is 0 Å². The lowest BCUT2D eigenvalue weighted by atomic mass is 10.2. The third kappa shape index (κ3) is 2.47. The van der Waals surface area contributed by atoms with E-state index in [1.807, 2.05) is 6.92 Å². The van der Waals surface area contributed by atoms with E-state index in [1.54, 1.807) is 22.9 Å². The van der Waals surface area contributed by atoms with Crippen LogP contribution < -0.4 is 5.73 Å². The number of aliphatic imine (C=N–C) groups is 1. The van der Waals surface area contributed by atoms with Crippen LogP contribution in [-0.2, 0) is 0 Å². The molecule has 2 aromatic heterocycles. The number of hydrogen-bond acceptors (Lipinski definition) is 4. The van der Waals surface area contributed by atoms with Crippen LogP contribution in [0.5, 0.6) is 0 Å². The third-order valence-electron chi connectivity index (χ3n) is 2.61. The van der Waals surface area contributed by atoms with Crippen molar-refractivity contribution in [2.45, 2.75) is 6.92 Å². The fourth-order valence-corrected chi connectivity index (χ4v) is 1.78. The molecule has 0 spiro atoms. The first-order chi connectivity index (χ1) is 9.17. The van der Waals surface area contributed by atoms with Crippen LogP contribution in [0, 0.1) is 0 Å². The van der Waals surface area contributed by atoms with Crippen molar-refractivity contribution < 1.29 is 9.90 Å². The summed E-state index contributed by atoms with van der Waals surface area (Å²) in [5.41, 5.74) is 7.65. The predicted molar refractivity (Wildman–Crippen MR) is 72.6 cm³/mol. The Bertz CT molecular complexity index is 670. The van der Waals surface area contributed by atoms with Crippen molar-refractivity contribution in [1.82, 2.24) is 9.38 Å². The van der Waals surface area contributed by atoms with Crippen molar-refractivity contribution in [3.8, 4) is 0 Å². The van der Waals surface area contributed by atoms with Gasteiger partial charge in [-0.15, -0.1) is 0 Å². The monoisotopic (exact) mass is 258 g/mol. The van der Waals surface area contributed by atoms with Crippen LogP contribution in [0.2, 0.25) is 0 Å². The lowest BCUT2D eigenvalue weighted by molar-refractivity contribution is 0.0697. The van der Waals surface area contributed by atoms with Gasteiger partial charge in [-0.05, 0) is 31.3 Å². The Morgan fingerprint density at radius 1 is 1.63 bits per heavy atom. The second kappa shape index (κ2) is 5.34. The van der Waals surface area contributed by atoms with Crippen LogP contribution >= 0.6 is 0 Å². The molecule has 0 bridgehead atoms. The highest BCUT2D eigenvalue weighted by Gasteiger charge is 2.10. The fraction of sp³-hybridized carbons (Fsp3) is 0.154. The van der Waals surface area contributed by atoms with Crippen molar-refractivity contribution >= 4 is 17.3 Å². The van der Waals surface area contributed by atoms with Gasteiger partial charge in [0, 0.05) is 12.7 Å². The van der Waals surface area contributed by atoms with E-state index in [4.69, 9.17) is 10.8 Å². The lowest BCUT2D eigenvalue weighted by Crippen LogP contribution is -2.04. The molecule has 19 heavy (non-hydrogen) atoms. The van der Waals surface area contributed by atoms with Gasteiger partial charge in [0.1, 0.15) is 5.65 Å². The molecule has 0 unspecified atom stereocenters.